The third-order valence-electron chi connectivity index (χ3n) is 4.31. The molecule has 0 bridgehead atoms. The van der Waals surface area contributed by atoms with E-state index in [1.54, 1.807) is 13.0 Å². The zero-order valence-corrected chi connectivity index (χ0v) is 12.7. The van der Waals surface area contributed by atoms with Crippen molar-refractivity contribution < 1.29 is 17.9 Å². The molecule has 21 heavy (non-hydrogen) atoms. The number of rotatable bonds is 3. The predicted molar refractivity (Wildman–Crippen MR) is 76.2 cm³/mol. The van der Waals surface area contributed by atoms with Gasteiger partial charge in [0.1, 0.15) is 0 Å². The third kappa shape index (κ3) is 3.40. The number of benzene rings is 1. The maximum atomic E-state index is 12.8. The highest BCUT2D eigenvalue weighted by Gasteiger charge is 2.38. The van der Waals surface area contributed by atoms with Crippen LogP contribution in [0.3, 0.4) is 0 Å². The molecule has 0 radical (unpaired) electrons. The Hall–Kier alpha value is -1.07. The SMILES string of the molecule is CNC(c1ccc(C(F)(F)F)cc1C)C1(C)CCCCO1. The van der Waals surface area contributed by atoms with Gasteiger partial charge in [-0.15, -0.1) is 0 Å². The van der Waals surface area contributed by atoms with Crippen LogP contribution in [0.15, 0.2) is 18.2 Å². The topological polar surface area (TPSA) is 21.3 Å². The minimum absolute atomic E-state index is 0.111. The van der Waals surface area contributed by atoms with Crippen molar-refractivity contribution >= 4 is 0 Å². The van der Waals surface area contributed by atoms with E-state index < -0.39 is 11.7 Å². The Balaban J connectivity index is 2.34. The van der Waals surface area contributed by atoms with Crippen molar-refractivity contribution in [3.8, 4) is 0 Å². The molecule has 2 rings (SSSR count). The van der Waals surface area contributed by atoms with E-state index in [-0.39, 0.29) is 11.6 Å². The van der Waals surface area contributed by atoms with Crippen LogP contribution in [0.4, 0.5) is 13.2 Å². The first-order valence-electron chi connectivity index (χ1n) is 7.27. The fourth-order valence-electron chi connectivity index (χ4n) is 3.15. The summed E-state index contributed by atoms with van der Waals surface area (Å²) in [6, 6.07) is 3.83. The minimum atomic E-state index is -4.30. The Morgan fingerprint density at radius 3 is 2.48 bits per heavy atom. The van der Waals surface area contributed by atoms with Gasteiger partial charge in [0.25, 0.3) is 0 Å². The van der Waals surface area contributed by atoms with E-state index >= 15 is 0 Å². The van der Waals surface area contributed by atoms with Gasteiger partial charge in [-0.3, -0.25) is 0 Å². The molecule has 1 aliphatic rings. The Kier molecular flexibility index (Phi) is 4.63. The van der Waals surface area contributed by atoms with E-state index in [1.165, 1.54) is 6.07 Å². The van der Waals surface area contributed by atoms with Crippen LogP contribution in [-0.4, -0.2) is 19.3 Å². The molecule has 0 aliphatic carbocycles. The molecule has 1 aliphatic heterocycles. The predicted octanol–water partition coefficient (Wildman–Crippen LogP) is 4.23. The maximum absolute atomic E-state index is 12.8. The van der Waals surface area contributed by atoms with Crippen molar-refractivity contribution in [3.05, 3.63) is 34.9 Å². The highest BCUT2D eigenvalue weighted by atomic mass is 19.4. The van der Waals surface area contributed by atoms with Gasteiger partial charge in [0.2, 0.25) is 0 Å². The highest BCUT2D eigenvalue weighted by Crippen LogP contribution is 2.39. The number of nitrogens with one attached hydrogen (secondary N) is 1. The molecule has 2 nitrogen and oxygen atoms in total. The van der Waals surface area contributed by atoms with Gasteiger partial charge >= 0.3 is 6.18 Å². The molecule has 1 aromatic carbocycles. The van der Waals surface area contributed by atoms with Gasteiger partial charge in [0, 0.05) is 6.61 Å². The lowest BCUT2D eigenvalue weighted by Crippen LogP contribution is -2.45. The summed E-state index contributed by atoms with van der Waals surface area (Å²) in [5.74, 6) is 0. The molecule has 0 aromatic heterocycles. The van der Waals surface area contributed by atoms with Gasteiger partial charge in [-0.25, -0.2) is 0 Å². The Bertz CT molecular complexity index is 493. The van der Waals surface area contributed by atoms with Crippen molar-refractivity contribution in [3.63, 3.8) is 0 Å². The molecule has 2 atom stereocenters. The largest absolute Gasteiger partial charge is 0.416 e. The second-order valence-electron chi connectivity index (χ2n) is 5.91. The van der Waals surface area contributed by atoms with Gasteiger partial charge in [-0.05, 0) is 63.4 Å². The fraction of sp³-hybridized carbons (Fsp3) is 0.625. The third-order valence-corrected chi connectivity index (χ3v) is 4.31. The molecule has 2 unspecified atom stereocenters. The molecule has 0 amide bonds. The van der Waals surface area contributed by atoms with Crippen molar-refractivity contribution in [1.82, 2.24) is 5.32 Å². The highest BCUT2D eigenvalue weighted by molar-refractivity contribution is 5.36. The summed E-state index contributed by atoms with van der Waals surface area (Å²) in [5, 5.41) is 3.22. The van der Waals surface area contributed by atoms with Crippen molar-refractivity contribution in [2.75, 3.05) is 13.7 Å². The zero-order chi connectivity index (χ0) is 15.7. The van der Waals surface area contributed by atoms with Crippen LogP contribution in [0.25, 0.3) is 0 Å². The molecule has 118 valence electrons. The van der Waals surface area contributed by atoms with Gasteiger partial charge in [0.15, 0.2) is 0 Å². The van der Waals surface area contributed by atoms with E-state index in [2.05, 4.69) is 5.32 Å². The summed E-state index contributed by atoms with van der Waals surface area (Å²) < 4.78 is 44.3. The molecule has 1 heterocycles. The molecular weight excluding hydrogens is 279 g/mol. The smallest absolute Gasteiger partial charge is 0.373 e. The van der Waals surface area contributed by atoms with Crippen molar-refractivity contribution in [1.29, 1.82) is 0 Å². The molecule has 1 fully saturated rings. The van der Waals surface area contributed by atoms with Gasteiger partial charge < -0.3 is 10.1 Å². The van der Waals surface area contributed by atoms with Crippen LogP contribution in [-0.2, 0) is 10.9 Å². The first kappa shape index (κ1) is 16.3. The maximum Gasteiger partial charge on any atom is 0.416 e. The number of likely N-dealkylation sites (N-methyl/N-ethyl adjacent to an activating group) is 1. The second kappa shape index (κ2) is 5.97. The molecule has 1 saturated heterocycles. The molecular formula is C16H22F3NO. The number of aryl methyl sites for hydroxylation is 1. The van der Waals surface area contributed by atoms with Crippen LogP contribution in [0.5, 0.6) is 0 Å². The first-order chi connectivity index (χ1) is 9.78. The Labute approximate surface area is 123 Å². The summed E-state index contributed by atoms with van der Waals surface area (Å²) >= 11 is 0. The molecule has 5 heteroatoms. The number of alkyl halides is 3. The lowest BCUT2D eigenvalue weighted by atomic mass is 9.82. The number of halogens is 3. The van der Waals surface area contributed by atoms with Crippen molar-refractivity contribution in [2.45, 2.75) is 50.9 Å². The van der Waals surface area contributed by atoms with Gasteiger partial charge in [-0.2, -0.15) is 13.2 Å². The molecule has 1 N–H and O–H groups in total. The average molecular weight is 301 g/mol. The van der Waals surface area contributed by atoms with Crippen LogP contribution in [0.2, 0.25) is 0 Å². The van der Waals surface area contributed by atoms with Gasteiger partial charge in [-0.1, -0.05) is 6.07 Å². The lowest BCUT2D eigenvalue weighted by molar-refractivity contribution is -0.137. The van der Waals surface area contributed by atoms with E-state index in [1.807, 2.05) is 14.0 Å². The zero-order valence-electron chi connectivity index (χ0n) is 12.7. The number of hydrogen-bond acceptors (Lipinski definition) is 2. The summed E-state index contributed by atoms with van der Waals surface area (Å²) in [7, 11) is 1.82. The van der Waals surface area contributed by atoms with Crippen LogP contribution < -0.4 is 5.32 Å². The van der Waals surface area contributed by atoms with E-state index in [0.29, 0.717) is 12.2 Å². The van der Waals surface area contributed by atoms with E-state index in [9.17, 15) is 13.2 Å². The normalized spacial score (nSPS) is 24.9. The lowest BCUT2D eigenvalue weighted by Gasteiger charge is -2.41. The van der Waals surface area contributed by atoms with E-state index in [4.69, 9.17) is 4.74 Å². The van der Waals surface area contributed by atoms with E-state index in [0.717, 1.165) is 30.9 Å². The summed E-state index contributed by atoms with van der Waals surface area (Å²) in [4.78, 5) is 0. The standard InChI is InChI=1S/C16H22F3NO/c1-11-10-12(16(17,18)19)6-7-13(11)14(20-3)15(2)8-4-5-9-21-15/h6-7,10,14,20H,4-5,8-9H2,1-3H3. The summed E-state index contributed by atoms with van der Waals surface area (Å²) in [6.07, 6.45) is -1.28. The quantitative estimate of drug-likeness (QED) is 0.902. The van der Waals surface area contributed by atoms with Crippen LogP contribution in [0, 0.1) is 6.92 Å². The fourth-order valence-corrected chi connectivity index (χ4v) is 3.15. The first-order valence-corrected chi connectivity index (χ1v) is 7.27. The molecule has 0 spiro atoms. The monoisotopic (exact) mass is 301 g/mol. The Morgan fingerprint density at radius 2 is 2.00 bits per heavy atom. The van der Waals surface area contributed by atoms with Crippen LogP contribution >= 0.6 is 0 Å². The number of hydrogen-bond donors (Lipinski definition) is 1. The molecule has 1 aromatic rings. The van der Waals surface area contributed by atoms with Gasteiger partial charge in [0.05, 0.1) is 17.2 Å². The molecule has 0 saturated carbocycles. The number of ether oxygens (including phenoxy) is 1. The summed E-state index contributed by atoms with van der Waals surface area (Å²) in [6.45, 7) is 4.46. The second-order valence-corrected chi connectivity index (χ2v) is 5.91. The van der Waals surface area contributed by atoms with Crippen LogP contribution in [0.1, 0.15) is 48.9 Å². The minimum Gasteiger partial charge on any atom is -0.373 e. The average Bonchev–Trinajstić information content (AvgIpc) is 2.41. The summed E-state index contributed by atoms with van der Waals surface area (Å²) in [5.41, 5.74) is 0.528. The van der Waals surface area contributed by atoms with Crippen molar-refractivity contribution in [2.24, 2.45) is 0 Å². The Morgan fingerprint density at radius 1 is 1.29 bits per heavy atom.